The van der Waals surface area contributed by atoms with Crippen LogP contribution in [0.4, 0.5) is 0 Å². The van der Waals surface area contributed by atoms with Crippen LogP contribution in [-0.2, 0) is 16.4 Å². The number of likely N-dealkylation sites (N-methyl/N-ethyl adjacent to an activating group) is 1. The van der Waals surface area contributed by atoms with Gasteiger partial charge in [0, 0.05) is 12.6 Å². The highest BCUT2D eigenvalue weighted by atomic mass is 32.2. The van der Waals surface area contributed by atoms with Gasteiger partial charge >= 0.3 is 0 Å². The first-order valence-corrected chi connectivity index (χ1v) is 8.78. The zero-order valence-electron chi connectivity index (χ0n) is 12.9. The predicted molar refractivity (Wildman–Crippen MR) is 83.2 cm³/mol. The molecular weight excluding hydrogens is 288 g/mol. The van der Waals surface area contributed by atoms with Gasteiger partial charge in [0.15, 0.2) is 0 Å². The van der Waals surface area contributed by atoms with Crippen molar-refractivity contribution in [3.8, 4) is 5.75 Å². The highest BCUT2D eigenvalue weighted by molar-refractivity contribution is 7.89. The molecule has 0 radical (unpaired) electrons. The molecule has 6 heteroatoms. The Balaban J connectivity index is 2.41. The molecule has 0 amide bonds. The molecule has 0 bridgehead atoms. The maximum atomic E-state index is 12.9. The molecule has 1 aromatic rings. The van der Waals surface area contributed by atoms with Crippen LogP contribution in [0, 0.1) is 0 Å². The van der Waals surface area contributed by atoms with E-state index in [4.69, 9.17) is 4.74 Å². The monoisotopic (exact) mass is 312 g/mol. The molecule has 1 N–H and O–H groups in total. The minimum absolute atomic E-state index is 0.0780. The first kappa shape index (κ1) is 16.3. The number of rotatable bonds is 6. The quantitative estimate of drug-likeness (QED) is 0.867. The Morgan fingerprint density at radius 1 is 1.43 bits per heavy atom. The maximum absolute atomic E-state index is 12.9. The lowest BCUT2D eigenvalue weighted by Crippen LogP contribution is -2.34. The Morgan fingerprint density at radius 2 is 2.19 bits per heavy atom. The summed E-state index contributed by atoms with van der Waals surface area (Å²) in [6.07, 6.45) is 2.52. The normalized spacial score (nSPS) is 19.9. The average molecular weight is 312 g/mol. The van der Waals surface area contributed by atoms with E-state index in [1.807, 2.05) is 20.0 Å². The van der Waals surface area contributed by atoms with Gasteiger partial charge in [-0.25, -0.2) is 8.42 Å². The van der Waals surface area contributed by atoms with E-state index in [2.05, 4.69) is 5.32 Å². The Hall–Kier alpha value is -1.11. The summed E-state index contributed by atoms with van der Waals surface area (Å²) in [6, 6.07) is 5.29. The fraction of sp³-hybridized carbons (Fsp3) is 0.600. The molecule has 5 nitrogen and oxygen atoms in total. The number of ether oxygens (including phenoxy) is 1. The second-order valence-electron chi connectivity index (χ2n) is 5.43. The third-order valence-corrected chi connectivity index (χ3v) is 6.10. The summed E-state index contributed by atoms with van der Waals surface area (Å²) in [7, 11) is 0.0253. The molecule has 1 aromatic carbocycles. The molecule has 21 heavy (non-hydrogen) atoms. The average Bonchev–Trinajstić information content (AvgIpc) is 2.91. The molecule has 0 aliphatic carbocycles. The third-order valence-electron chi connectivity index (χ3n) is 3.99. The van der Waals surface area contributed by atoms with E-state index in [1.54, 1.807) is 23.5 Å². The highest BCUT2D eigenvalue weighted by Gasteiger charge is 2.33. The fourth-order valence-corrected chi connectivity index (χ4v) is 4.71. The van der Waals surface area contributed by atoms with E-state index in [0.29, 0.717) is 23.6 Å². The second-order valence-corrected chi connectivity index (χ2v) is 7.29. The summed E-state index contributed by atoms with van der Waals surface area (Å²) >= 11 is 0. The topological polar surface area (TPSA) is 58.6 Å². The minimum atomic E-state index is -3.42. The number of sulfonamides is 1. The molecule has 1 fully saturated rings. The summed E-state index contributed by atoms with van der Waals surface area (Å²) in [6.45, 7) is 3.31. The lowest BCUT2D eigenvalue weighted by Gasteiger charge is -2.23. The van der Waals surface area contributed by atoms with Gasteiger partial charge in [-0.2, -0.15) is 4.31 Å². The van der Waals surface area contributed by atoms with Crippen LogP contribution in [0.5, 0.6) is 5.75 Å². The van der Waals surface area contributed by atoms with Crippen molar-refractivity contribution in [2.45, 2.75) is 37.1 Å². The maximum Gasteiger partial charge on any atom is 0.243 e. The zero-order valence-corrected chi connectivity index (χ0v) is 13.7. The lowest BCUT2D eigenvalue weighted by atomic mass is 10.1. The first-order chi connectivity index (χ1) is 10.0. The van der Waals surface area contributed by atoms with Crippen molar-refractivity contribution in [1.82, 2.24) is 9.62 Å². The van der Waals surface area contributed by atoms with Gasteiger partial charge in [0.25, 0.3) is 0 Å². The van der Waals surface area contributed by atoms with Crippen molar-refractivity contribution >= 4 is 10.0 Å². The number of hydrogen-bond acceptors (Lipinski definition) is 4. The molecule has 1 aliphatic rings. The first-order valence-electron chi connectivity index (χ1n) is 7.34. The Morgan fingerprint density at radius 3 is 2.76 bits per heavy atom. The smallest absolute Gasteiger partial charge is 0.243 e. The summed E-state index contributed by atoms with van der Waals surface area (Å²) in [5, 5.41) is 3.06. The van der Waals surface area contributed by atoms with Gasteiger partial charge in [0.2, 0.25) is 10.0 Å². The molecule has 1 heterocycles. The molecule has 1 atom stereocenters. The van der Waals surface area contributed by atoms with Crippen LogP contribution in [0.2, 0.25) is 0 Å². The van der Waals surface area contributed by atoms with Crippen molar-refractivity contribution < 1.29 is 13.2 Å². The predicted octanol–water partition coefficient (Wildman–Crippen LogP) is 1.63. The van der Waals surface area contributed by atoms with E-state index in [-0.39, 0.29) is 6.04 Å². The summed E-state index contributed by atoms with van der Waals surface area (Å²) < 4.78 is 32.6. The molecular formula is C15H24N2O3S. The van der Waals surface area contributed by atoms with Crippen molar-refractivity contribution in [2.24, 2.45) is 0 Å². The number of nitrogens with zero attached hydrogens (tertiary/aromatic N) is 1. The second kappa shape index (κ2) is 6.77. The van der Waals surface area contributed by atoms with Crippen LogP contribution in [0.1, 0.15) is 25.3 Å². The number of hydrogen-bond donors (Lipinski definition) is 1. The van der Waals surface area contributed by atoms with Gasteiger partial charge in [0.1, 0.15) is 5.75 Å². The van der Waals surface area contributed by atoms with Gasteiger partial charge in [-0.3, -0.25) is 0 Å². The Bertz CT molecular complexity index is 587. The van der Waals surface area contributed by atoms with Crippen LogP contribution in [0.15, 0.2) is 23.1 Å². The molecule has 0 aromatic heterocycles. The van der Waals surface area contributed by atoms with Crippen LogP contribution < -0.4 is 10.1 Å². The number of benzene rings is 1. The van der Waals surface area contributed by atoms with E-state index < -0.39 is 10.0 Å². The molecule has 0 spiro atoms. The number of methoxy groups -OCH3 is 1. The highest BCUT2D eigenvalue weighted by Crippen LogP contribution is 2.29. The minimum Gasteiger partial charge on any atom is -0.497 e. The van der Waals surface area contributed by atoms with Gasteiger partial charge in [-0.05, 0) is 63.5 Å². The third kappa shape index (κ3) is 3.39. The van der Waals surface area contributed by atoms with E-state index in [0.717, 1.165) is 24.9 Å². The number of nitrogens with one attached hydrogen (secondary N) is 1. The van der Waals surface area contributed by atoms with E-state index in [9.17, 15) is 8.42 Å². The molecule has 1 saturated heterocycles. The van der Waals surface area contributed by atoms with Gasteiger partial charge in [-0.1, -0.05) is 0 Å². The van der Waals surface area contributed by atoms with Crippen LogP contribution in [0.25, 0.3) is 0 Å². The van der Waals surface area contributed by atoms with Crippen LogP contribution in [0.3, 0.4) is 0 Å². The van der Waals surface area contributed by atoms with Crippen molar-refractivity contribution in [2.75, 3.05) is 27.2 Å². The van der Waals surface area contributed by atoms with Crippen LogP contribution >= 0.6 is 0 Å². The van der Waals surface area contributed by atoms with Gasteiger partial charge < -0.3 is 10.1 Å². The molecule has 118 valence electrons. The molecule has 2 rings (SSSR count). The molecule has 0 saturated carbocycles. The molecule has 1 unspecified atom stereocenters. The summed E-state index contributed by atoms with van der Waals surface area (Å²) in [4.78, 5) is 0.410. The Kier molecular flexibility index (Phi) is 5.24. The van der Waals surface area contributed by atoms with Crippen molar-refractivity contribution in [3.05, 3.63) is 23.8 Å². The van der Waals surface area contributed by atoms with Crippen molar-refractivity contribution in [3.63, 3.8) is 0 Å². The van der Waals surface area contributed by atoms with Gasteiger partial charge in [0.05, 0.1) is 12.0 Å². The lowest BCUT2D eigenvalue weighted by molar-refractivity contribution is 0.405. The summed E-state index contributed by atoms with van der Waals surface area (Å²) in [5.41, 5.74) is 0.808. The Labute approximate surface area is 127 Å². The fourth-order valence-electron chi connectivity index (χ4n) is 2.78. The summed E-state index contributed by atoms with van der Waals surface area (Å²) in [5.74, 6) is 0.689. The zero-order chi connectivity index (χ0) is 15.5. The van der Waals surface area contributed by atoms with E-state index in [1.165, 1.54) is 0 Å². The van der Waals surface area contributed by atoms with Gasteiger partial charge in [-0.15, -0.1) is 0 Å². The SMILES string of the molecule is CNCCc1cc(OC)ccc1S(=O)(=O)N1CCCC1C. The van der Waals surface area contributed by atoms with Crippen molar-refractivity contribution in [1.29, 1.82) is 0 Å². The largest absolute Gasteiger partial charge is 0.497 e. The van der Waals surface area contributed by atoms with Crippen LogP contribution in [-0.4, -0.2) is 46.0 Å². The molecule has 1 aliphatic heterocycles. The standard InChI is InChI=1S/C15H24N2O3S/c1-12-5-4-10-17(12)21(18,19)15-7-6-14(20-3)11-13(15)8-9-16-2/h6-7,11-12,16H,4-5,8-10H2,1-3H3. The van der Waals surface area contributed by atoms with E-state index >= 15 is 0 Å².